The van der Waals surface area contributed by atoms with Crippen molar-refractivity contribution in [1.29, 1.82) is 0 Å². The van der Waals surface area contributed by atoms with Crippen molar-refractivity contribution in [2.45, 2.75) is 0 Å². The zero-order valence-corrected chi connectivity index (χ0v) is 23.6. The highest BCUT2D eigenvalue weighted by Gasteiger charge is 2.29. The van der Waals surface area contributed by atoms with Crippen molar-refractivity contribution in [2.75, 3.05) is 0 Å². The summed E-state index contributed by atoms with van der Waals surface area (Å²) in [6.07, 6.45) is 1.86. The lowest BCUT2D eigenvalue weighted by molar-refractivity contribution is 0.592. The average Bonchev–Trinajstić information content (AvgIpc) is 3.08. The molecule has 42 heavy (non-hydrogen) atoms. The Morgan fingerprint density at radius 3 is 1.69 bits per heavy atom. The van der Waals surface area contributed by atoms with Crippen molar-refractivity contribution in [1.82, 2.24) is 9.97 Å². The van der Waals surface area contributed by atoms with Gasteiger partial charge < -0.3 is 4.57 Å². The van der Waals surface area contributed by atoms with Crippen LogP contribution in [0.5, 0.6) is 0 Å². The van der Waals surface area contributed by atoms with E-state index in [9.17, 15) is 4.57 Å². The molecule has 198 valence electrons. The van der Waals surface area contributed by atoms with Crippen LogP contribution < -0.4 is 15.9 Å². The molecular weight excluding hydrogens is 531 g/mol. The topological polar surface area (TPSA) is 42.9 Å². The second kappa shape index (κ2) is 9.76. The minimum atomic E-state index is -3.08. The summed E-state index contributed by atoms with van der Waals surface area (Å²) in [6, 6.07) is 48.7. The van der Waals surface area contributed by atoms with Gasteiger partial charge in [0.1, 0.15) is 0 Å². The van der Waals surface area contributed by atoms with Gasteiger partial charge in [-0.2, -0.15) is 0 Å². The quantitative estimate of drug-likeness (QED) is 0.162. The molecule has 2 heterocycles. The molecule has 0 bridgehead atoms. The fraction of sp³-hybridized carbons (Fsp3) is 0. The molecule has 6 aromatic carbocycles. The Hall–Kier alpha value is -5.11. The zero-order valence-electron chi connectivity index (χ0n) is 22.7. The second-order valence-corrected chi connectivity index (χ2v) is 13.3. The van der Waals surface area contributed by atoms with Gasteiger partial charge in [0.15, 0.2) is 7.14 Å². The van der Waals surface area contributed by atoms with Gasteiger partial charge in [-0.1, -0.05) is 133 Å². The molecule has 8 rings (SSSR count). The fourth-order valence-electron chi connectivity index (χ4n) is 6.24. The molecule has 4 heteroatoms. The molecule has 0 fully saturated rings. The third-order valence-electron chi connectivity index (χ3n) is 8.16. The van der Waals surface area contributed by atoms with Gasteiger partial charge in [0.2, 0.25) is 0 Å². The highest BCUT2D eigenvalue weighted by atomic mass is 31.2. The van der Waals surface area contributed by atoms with Crippen LogP contribution in [0, 0.1) is 0 Å². The molecule has 3 nitrogen and oxygen atoms in total. The van der Waals surface area contributed by atoms with Crippen LogP contribution in [0.3, 0.4) is 0 Å². The maximum Gasteiger partial charge on any atom is 0.171 e. The first-order valence-corrected chi connectivity index (χ1v) is 15.7. The lowest BCUT2D eigenvalue weighted by atomic mass is 9.92. The molecule has 0 unspecified atom stereocenters. The molecule has 0 radical (unpaired) electrons. The normalized spacial score (nSPS) is 11.9. The number of para-hydroxylation sites is 1. The van der Waals surface area contributed by atoms with Crippen LogP contribution in [-0.2, 0) is 4.57 Å². The minimum absolute atomic E-state index is 0.799. The number of pyridine rings is 2. The van der Waals surface area contributed by atoms with Crippen molar-refractivity contribution in [3.8, 4) is 11.3 Å². The van der Waals surface area contributed by atoms with Gasteiger partial charge in [0.25, 0.3) is 0 Å². The third-order valence-corrected chi connectivity index (χ3v) is 11.2. The summed E-state index contributed by atoms with van der Waals surface area (Å²) in [7, 11) is -3.08. The van der Waals surface area contributed by atoms with Crippen LogP contribution >= 0.6 is 7.14 Å². The molecule has 0 atom stereocenters. The Morgan fingerprint density at radius 1 is 0.452 bits per heavy atom. The zero-order chi connectivity index (χ0) is 28.1. The Kier molecular flexibility index (Phi) is 5.73. The number of rotatable bonds is 4. The highest BCUT2D eigenvalue weighted by molar-refractivity contribution is 7.85. The average molecular weight is 557 g/mol. The summed E-state index contributed by atoms with van der Waals surface area (Å²) in [5.74, 6) is 0. The van der Waals surface area contributed by atoms with Crippen LogP contribution in [0.2, 0.25) is 0 Å². The Labute approximate surface area is 243 Å². The fourth-order valence-corrected chi connectivity index (χ4v) is 8.89. The first-order chi connectivity index (χ1) is 20.7. The van der Waals surface area contributed by atoms with E-state index in [1.807, 2.05) is 91.1 Å². The van der Waals surface area contributed by atoms with E-state index < -0.39 is 7.14 Å². The second-order valence-electron chi connectivity index (χ2n) is 10.5. The van der Waals surface area contributed by atoms with E-state index >= 15 is 0 Å². The van der Waals surface area contributed by atoms with Crippen LogP contribution in [0.4, 0.5) is 0 Å². The van der Waals surface area contributed by atoms with Crippen LogP contribution in [0.25, 0.3) is 54.6 Å². The largest absolute Gasteiger partial charge is 0.309 e. The lowest BCUT2D eigenvalue weighted by Crippen LogP contribution is -2.24. The SMILES string of the molecule is O=P(c1ccccc1)(c1ccccc1)c1ccc(-c2nc3ccccc3c3c4cccnc4c4ccccc4c23)cc1. The van der Waals surface area contributed by atoms with E-state index in [2.05, 4.69) is 60.7 Å². The monoisotopic (exact) mass is 556 g/mol. The van der Waals surface area contributed by atoms with Crippen molar-refractivity contribution in [2.24, 2.45) is 0 Å². The van der Waals surface area contributed by atoms with Gasteiger partial charge in [-0.15, -0.1) is 0 Å². The Bertz CT molecular complexity index is 2270. The number of hydrogen-bond donors (Lipinski definition) is 0. The first-order valence-electron chi connectivity index (χ1n) is 14.0. The van der Waals surface area contributed by atoms with Crippen LogP contribution in [0.15, 0.2) is 152 Å². The molecule has 0 amide bonds. The molecule has 0 aliphatic carbocycles. The van der Waals surface area contributed by atoms with Gasteiger partial charge >= 0.3 is 0 Å². The predicted octanol–water partition coefficient (Wildman–Crippen LogP) is 8.40. The summed E-state index contributed by atoms with van der Waals surface area (Å²) in [4.78, 5) is 10.1. The number of aromatic nitrogens is 2. The molecule has 0 aliphatic heterocycles. The molecule has 0 saturated carbocycles. The van der Waals surface area contributed by atoms with Crippen LogP contribution in [0.1, 0.15) is 0 Å². The number of fused-ring (bicyclic) bond motifs is 8. The third kappa shape index (κ3) is 3.71. The highest BCUT2D eigenvalue weighted by Crippen LogP contribution is 2.44. The van der Waals surface area contributed by atoms with Crippen LogP contribution in [-0.4, -0.2) is 9.97 Å². The molecule has 0 N–H and O–H groups in total. The van der Waals surface area contributed by atoms with E-state index in [0.29, 0.717) is 0 Å². The molecule has 0 aliphatic rings. The van der Waals surface area contributed by atoms with Gasteiger partial charge in [-0.3, -0.25) is 4.98 Å². The number of nitrogens with zero attached hydrogens (tertiary/aromatic N) is 2. The molecule has 8 aromatic rings. The van der Waals surface area contributed by atoms with Gasteiger partial charge in [-0.25, -0.2) is 4.98 Å². The van der Waals surface area contributed by atoms with E-state index in [1.54, 1.807) is 0 Å². The van der Waals surface area contributed by atoms with Crippen molar-refractivity contribution < 1.29 is 4.57 Å². The summed E-state index contributed by atoms with van der Waals surface area (Å²) in [5, 5.41) is 9.14. The van der Waals surface area contributed by atoms with E-state index in [-0.39, 0.29) is 0 Å². The summed E-state index contributed by atoms with van der Waals surface area (Å²) < 4.78 is 15.0. The summed E-state index contributed by atoms with van der Waals surface area (Å²) in [5.41, 5.74) is 3.82. The standard InChI is InChI=1S/C38H25N2OP/c41-42(27-12-3-1-4-13-27,28-14-5-2-6-15-28)29-23-21-26(22-24-29)37-36-30-16-7-8-17-31(30)38-33(19-11-25-39-38)35(36)32-18-9-10-20-34(32)40-37/h1-25H. The minimum Gasteiger partial charge on any atom is -0.309 e. The molecular formula is C38H25N2OP. The number of hydrogen-bond acceptors (Lipinski definition) is 3. The molecule has 0 spiro atoms. The Balaban J connectivity index is 1.42. The maximum atomic E-state index is 15.0. The number of benzene rings is 6. The smallest absolute Gasteiger partial charge is 0.171 e. The van der Waals surface area contributed by atoms with E-state index in [0.717, 1.165) is 70.5 Å². The van der Waals surface area contributed by atoms with Crippen molar-refractivity contribution in [3.05, 3.63) is 152 Å². The maximum absolute atomic E-state index is 15.0. The van der Waals surface area contributed by atoms with E-state index in [4.69, 9.17) is 9.97 Å². The van der Waals surface area contributed by atoms with Gasteiger partial charge in [-0.05, 0) is 17.5 Å². The predicted molar refractivity (Wildman–Crippen MR) is 177 cm³/mol. The van der Waals surface area contributed by atoms with Crippen molar-refractivity contribution in [3.63, 3.8) is 0 Å². The first kappa shape index (κ1) is 24.7. The van der Waals surface area contributed by atoms with Crippen molar-refractivity contribution >= 4 is 66.4 Å². The van der Waals surface area contributed by atoms with E-state index in [1.165, 1.54) is 0 Å². The lowest BCUT2D eigenvalue weighted by Gasteiger charge is -2.20. The summed E-state index contributed by atoms with van der Waals surface area (Å²) in [6.45, 7) is 0. The Morgan fingerprint density at radius 2 is 1.00 bits per heavy atom. The van der Waals surface area contributed by atoms with Gasteiger partial charge in [0, 0.05) is 54.6 Å². The van der Waals surface area contributed by atoms with Gasteiger partial charge in [0.05, 0.1) is 16.7 Å². The summed E-state index contributed by atoms with van der Waals surface area (Å²) >= 11 is 0. The molecule has 0 saturated heterocycles. The molecule has 2 aromatic heterocycles.